The number of rotatable bonds is 6. The second kappa shape index (κ2) is 10.6. The predicted molar refractivity (Wildman–Crippen MR) is 136 cm³/mol. The molecule has 1 unspecified atom stereocenters. The van der Waals surface area contributed by atoms with Crippen LogP contribution >= 0.6 is 0 Å². The van der Waals surface area contributed by atoms with Crippen LogP contribution in [0.1, 0.15) is 51.0 Å². The molecule has 2 aromatic heterocycles. The van der Waals surface area contributed by atoms with Crippen molar-refractivity contribution in [2.24, 2.45) is 5.16 Å². The number of nitrogens with one attached hydrogen (secondary N) is 1. The van der Waals surface area contributed by atoms with Gasteiger partial charge < -0.3 is 10.2 Å². The first-order valence-electron chi connectivity index (χ1n) is 12.0. The Morgan fingerprint density at radius 2 is 1.85 bits per heavy atom. The Kier molecular flexibility index (Phi) is 7.10. The summed E-state index contributed by atoms with van der Waals surface area (Å²) in [4.78, 5) is 26.5. The first-order valence-corrected chi connectivity index (χ1v) is 12.0. The summed E-state index contributed by atoms with van der Waals surface area (Å²) in [6, 6.07) is 17.3. The Bertz CT molecular complexity index is 1540. The van der Waals surface area contributed by atoms with Crippen LogP contribution in [0, 0.1) is 12.7 Å². The number of alkyl halides is 3. The van der Waals surface area contributed by atoms with E-state index in [1.807, 2.05) is 12.1 Å². The molecule has 1 aliphatic heterocycles. The Morgan fingerprint density at radius 1 is 1.03 bits per heavy atom. The van der Waals surface area contributed by atoms with Crippen molar-refractivity contribution in [3.05, 3.63) is 119 Å². The summed E-state index contributed by atoms with van der Waals surface area (Å²) in [6.07, 6.45) is -1.83. The summed E-state index contributed by atoms with van der Waals surface area (Å²) >= 11 is 0. The van der Waals surface area contributed by atoms with Crippen LogP contribution in [0.5, 0.6) is 0 Å². The molecule has 198 valence electrons. The van der Waals surface area contributed by atoms with Crippen molar-refractivity contribution >= 4 is 11.6 Å². The predicted octanol–water partition coefficient (Wildman–Crippen LogP) is 6.41. The van der Waals surface area contributed by atoms with E-state index in [0.717, 1.165) is 17.8 Å². The SMILES string of the molecule is Cc1ccc(-c2cc(C(=O)NCc3ccc(C(F)(F)F)nc3)cc(C3=NOC(c4ccccn4)C3)c2)c(F)c1. The van der Waals surface area contributed by atoms with E-state index in [4.69, 9.17) is 4.84 Å². The molecule has 3 heterocycles. The summed E-state index contributed by atoms with van der Waals surface area (Å²) in [5, 5.41) is 6.90. The van der Waals surface area contributed by atoms with E-state index in [1.165, 1.54) is 12.1 Å². The van der Waals surface area contributed by atoms with Crippen molar-refractivity contribution in [3.8, 4) is 11.1 Å². The van der Waals surface area contributed by atoms with E-state index in [-0.39, 0.29) is 12.1 Å². The van der Waals surface area contributed by atoms with Crippen LogP contribution in [0.2, 0.25) is 0 Å². The van der Waals surface area contributed by atoms with E-state index < -0.39 is 29.7 Å². The highest BCUT2D eigenvalue weighted by Crippen LogP contribution is 2.32. The molecule has 1 amide bonds. The number of hydrogen-bond acceptors (Lipinski definition) is 5. The molecule has 1 N–H and O–H groups in total. The van der Waals surface area contributed by atoms with E-state index in [1.54, 1.807) is 49.5 Å². The second-order valence-electron chi connectivity index (χ2n) is 9.11. The molecular formula is C29H22F4N4O2. The molecule has 0 fully saturated rings. The number of nitrogens with zero attached hydrogens (tertiary/aromatic N) is 3. The molecule has 2 aromatic carbocycles. The van der Waals surface area contributed by atoms with E-state index in [9.17, 15) is 22.4 Å². The average molecular weight is 535 g/mol. The Balaban J connectivity index is 1.42. The van der Waals surface area contributed by atoms with Gasteiger partial charge in [0.15, 0.2) is 6.10 Å². The summed E-state index contributed by atoms with van der Waals surface area (Å²) in [6.45, 7) is 1.73. The molecule has 10 heteroatoms. The lowest BCUT2D eigenvalue weighted by molar-refractivity contribution is -0.141. The Labute approximate surface area is 221 Å². The number of amides is 1. The lowest BCUT2D eigenvalue weighted by atomic mass is 9.94. The summed E-state index contributed by atoms with van der Waals surface area (Å²) in [5.74, 6) is -0.934. The highest BCUT2D eigenvalue weighted by molar-refractivity contribution is 6.05. The fraction of sp³-hybridized carbons (Fsp3) is 0.172. The first-order chi connectivity index (χ1) is 18.7. The van der Waals surface area contributed by atoms with Crippen LogP contribution in [-0.2, 0) is 17.6 Å². The number of aryl methyl sites for hydroxylation is 1. The fourth-order valence-corrected chi connectivity index (χ4v) is 4.19. The van der Waals surface area contributed by atoms with Crippen LogP contribution in [-0.4, -0.2) is 21.6 Å². The molecule has 0 spiro atoms. The van der Waals surface area contributed by atoms with Gasteiger partial charge in [-0.1, -0.05) is 29.4 Å². The Morgan fingerprint density at radius 3 is 2.54 bits per heavy atom. The smallest absolute Gasteiger partial charge is 0.385 e. The quantitative estimate of drug-likeness (QED) is 0.290. The molecule has 1 atom stereocenters. The van der Waals surface area contributed by atoms with Gasteiger partial charge in [0, 0.05) is 42.0 Å². The average Bonchev–Trinajstić information content (AvgIpc) is 3.42. The second-order valence-corrected chi connectivity index (χ2v) is 9.11. The van der Waals surface area contributed by atoms with Gasteiger partial charge in [0.1, 0.15) is 11.5 Å². The minimum atomic E-state index is -4.55. The van der Waals surface area contributed by atoms with Gasteiger partial charge in [-0.15, -0.1) is 0 Å². The van der Waals surface area contributed by atoms with Gasteiger partial charge in [-0.25, -0.2) is 4.39 Å². The zero-order chi connectivity index (χ0) is 27.6. The van der Waals surface area contributed by atoms with E-state index >= 15 is 0 Å². The Hall–Kier alpha value is -4.60. The third-order valence-corrected chi connectivity index (χ3v) is 6.22. The van der Waals surface area contributed by atoms with Crippen LogP contribution in [0.15, 0.2) is 84.3 Å². The van der Waals surface area contributed by atoms with Crippen LogP contribution in [0.25, 0.3) is 11.1 Å². The van der Waals surface area contributed by atoms with Crippen molar-refractivity contribution in [3.63, 3.8) is 0 Å². The van der Waals surface area contributed by atoms with Gasteiger partial charge in [0.2, 0.25) is 0 Å². The lowest BCUT2D eigenvalue weighted by Crippen LogP contribution is -2.23. The van der Waals surface area contributed by atoms with Gasteiger partial charge in [-0.2, -0.15) is 13.2 Å². The molecule has 0 saturated heterocycles. The standard InChI is InChI=1S/C29H22F4N4O2/c1-17-5-7-22(23(30)10-17)19-11-20(25-14-26(39-37-25)24-4-2-3-9-34-24)13-21(12-19)28(38)36-16-18-6-8-27(35-15-18)29(31,32)33/h2-13,15,26H,14,16H2,1H3,(H,36,38). The summed E-state index contributed by atoms with van der Waals surface area (Å²) in [5.41, 5.74) is 2.99. The maximum absolute atomic E-state index is 14.9. The normalized spacial score (nSPS) is 15.0. The zero-order valence-corrected chi connectivity index (χ0v) is 20.7. The number of aromatic nitrogens is 2. The maximum atomic E-state index is 14.9. The number of hydrogen-bond donors (Lipinski definition) is 1. The molecule has 4 aromatic rings. The highest BCUT2D eigenvalue weighted by Gasteiger charge is 2.32. The van der Waals surface area contributed by atoms with Crippen molar-refractivity contribution in [1.82, 2.24) is 15.3 Å². The third-order valence-electron chi connectivity index (χ3n) is 6.22. The molecular weight excluding hydrogens is 512 g/mol. The molecule has 1 aliphatic rings. The van der Waals surface area contributed by atoms with Gasteiger partial charge in [-0.3, -0.25) is 14.8 Å². The molecule has 39 heavy (non-hydrogen) atoms. The van der Waals surface area contributed by atoms with E-state index in [2.05, 4.69) is 20.4 Å². The molecule has 5 rings (SSSR count). The number of pyridine rings is 2. The topological polar surface area (TPSA) is 76.5 Å². The largest absolute Gasteiger partial charge is 0.433 e. The molecule has 0 radical (unpaired) electrons. The first kappa shape index (κ1) is 26.0. The van der Waals surface area contributed by atoms with Crippen molar-refractivity contribution < 1.29 is 27.2 Å². The number of halogens is 4. The number of oxime groups is 1. The van der Waals surface area contributed by atoms with E-state index in [0.29, 0.717) is 40.1 Å². The minimum Gasteiger partial charge on any atom is -0.385 e. The summed E-state index contributed by atoms with van der Waals surface area (Å²) < 4.78 is 53.3. The number of carbonyl (C=O) groups excluding carboxylic acids is 1. The van der Waals surface area contributed by atoms with Crippen LogP contribution in [0.3, 0.4) is 0 Å². The van der Waals surface area contributed by atoms with Gasteiger partial charge in [-0.05, 0) is 66.1 Å². The summed E-state index contributed by atoms with van der Waals surface area (Å²) in [7, 11) is 0. The molecule has 0 bridgehead atoms. The minimum absolute atomic E-state index is 0.0474. The van der Waals surface area contributed by atoms with Crippen molar-refractivity contribution in [1.29, 1.82) is 0 Å². The molecule has 0 aliphatic carbocycles. The molecule has 6 nitrogen and oxygen atoms in total. The van der Waals surface area contributed by atoms with Crippen molar-refractivity contribution in [2.45, 2.75) is 32.2 Å². The van der Waals surface area contributed by atoms with Gasteiger partial charge in [0.05, 0.1) is 11.4 Å². The van der Waals surface area contributed by atoms with Crippen LogP contribution < -0.4 is 5.32 Å². The monoisotopic (exact) mass is 534 g/mol. The lowest BCUT2D eigenvalue weighted by Gasteiger charge is -2.12. The van der Waals surface area contributed by atoms with Gasteiger partial charge in [0.25, 0.3) is 5.91 Å². The van der Waals surface area contributed by atoms with Crippen molar-refractivity contribution in [2.75, 3.05) is 0 Å². The maximum Gasteiger partial charge on any atom is 0.433 e. The van der Waals surface area contributed by atoms with Crippen LogP contribution in [0.4, 0.5) is 17.6 Å². The fourth-order valence-electron chi connectivity index (χ4n) is 4.19. The number of carbonyl (C=O) groups is 1. The van der Waals surface area contributed by atoms with Gasteiger partial charge >= 0.3 is 6.18 Å². The molecule has 0 saturated carbocycles. The zero-order valence-electron chi connectivity index (χ0n) is 20.7. The number of benzene rings is 2. The highest BCUT2D eigenvalue weighted by atomic mass is 19.4. The third kappa shape index (κ3) is 5.95.